The Hall–Kier alpha value is -2.87. The van der Waals surface area contributed by atoms with Crippen LogP contribution in [0.4, 0.5) is 11.5 Å². The van der Waals surface area contributed by atoms with E-state index in [0.29, 0.717) is 18.5 Å². The lowest BCUT2D eigenvalue weighted by Crippen LogP contribution is -2.42. The number of hydrogen-bond donors (Lipinski definition) is 2. The second kappa shape index (κ2) is 8.68. The number of carbonyl (C=O) groups is 1. The monoisotopic (exact) mass is 374 g/mol. The lowest BCUT2D eigenvalue weighted by Gasteiger charge is -2.25. The Morgan fingerprint density at radius 1 is 1.30 bits per heavy atom. The summed E-state index contributed by atoms with van der Waals surface area (Å²) >= 11 is 0. The highest BCUT2D eigenvalue weighted by Crippen LogP contribution is 2.21. The molecule has 0 spiro atoms. The fourth-order valence-corrected chi connectivity index (χ4v) is 2.89. The van der Waals surface area contributed by atoms with Crippen LogP contribution in [-0.2, 0) is 11.3 Å². The van der Waals surface area contributed by atoms with Crippen LogP contribution in [0.5, 0.6) is 0 Å². The molecule has 2 rings (SSSR count). The third-order valence-corrected chi connectivity index (χ3v) is 4.32. The molecule has 27 heavy (non-hydrogen) atoms. The molecule has 0 bridgehead atoms. The molecular formula is C19H26N4O4. The molecule has 0 aliphatic heterocycles. The van der Waals surface area contributed by atoms with Gasteiger partial charge >= 0.3 is 5.69 Å². The van der Waals surface area contributed by atoms with Crippen LogP contribution in [0, 0.1) is 13.8 Å². The Morgan fingerprint density at radius 3 is 2.63 bits per heavy atom. The molecule has 1 amide bonds. The summed E-state index contributed by atoms with van der Waals surface area (Å²) < 4.78 is 6.37. The van der Waals surface area contributed by atoms with E-state index in [2.05, 4.69) is 4.98 Å². The Morgan fingerprint density at radius 2 is 2.00 bits per heavy atom. The van der Waals surface area contributed by atoms with Gasteiger partial charge in [-0.05, 0) is 31.9 Å². The number of aromatic nitrogens is 2. The highest BCUT2D eigenvalue weighted by molar-refractivity contribution is 6.08. The van der Waals surface area contributed by atoms with E-state index in [-0.39, 0.29) is 30.6 Å². The molecule has 3 N–H and O–H groups in total. The molecule has 0 fully saturated rings. The topological polar surface area (TPSA) is 110 Å². The number of rotatable bonds is 7. The molecule has 1 aromatic carbocycles. The Bertz CT molecular complexity index is 946. The number of nitrogens with zero attached hydrogens (tertiary/aromatic N) is 2. The average Bonchev–Trinajstić information content (AvgIpc) is 2.62. The van der Waals surface area contributed by atoms with Crippen LogP contribution in [0.15, 0.2) is 27.8 Å². The van der Waals surface area contributed by atoms with E-state index in [1.54, 1.807) is 6.07 Å². The van der Waals surface area contributed by atoms with Crippen molar-refractivity contribution < 1.29 is 9.53 Å². The summed E-state index contributed by atoms with van der Waals surface area (Å²) in [4.78, 5) is 41.4. The smallest absolute Gasteiger partial charge is 0.330 e. The molecule has 1 aromatic heterocycles. The summed E-state index contributed by atoms with van der Waals surface area (Å²) in [6.07, 6.45) is 0.651. The predicted octanol–water partition coefficient (Wildman–Crippen LogP) is 1.44. The largest absolute Gasteiger partial charge is 0.383 e. The van der Waals surface area contributed by atoms with Gasteiger partial charge in [0.15, 0.2) is 5.69 Å². The number of nitrogens with two attached hydrogens (primary N) is 1. The van der Waals surface area contributed by atoms with Gasteiger partial charge in [0.1, 0.15) is 5.82 Å². The van der Waals surface area contributed by atoms with Crippen molar-refractivity contribution in [3.8, 4) is 0 Å². The van der Waals surface area contributed by atoms with Crippen LogP contribution in [0.3, 0.4) is 0 Å². The quantitative estimate of drug-likeness (QED) is 0.762. The number of nitrogen functional groups attached to an aromatic ring is 1. The van der Waals surface area contributed by atoms with Crippen molar-refractivity contribution in [1.82, 2.24) is 9.55 Å². The highest BCUT2D eigenvalue weighted by Gasteiger charge is 2.26. The van der Waals surface area contributed by atoms with Crippen LogP contribution in [0.25, 0.3) is 0 Å². The van der Waals surface area contributed by atoms with Gasteiger partial charge in [0.2, 0.25) is 0 Å². The Kier molecular flexibility index (Phi) is 6.57. The van der Waals surface area contributed by atoms with Crippen molar-refractivity contribution in [2.24, 2.45) is 0 Å². The minimum atomic E-state index is -0.695. The minimum Gasteiger partial charge on any atom is -0.383 e. The molecule has 0 unspecified atom stereocenters. The van der Waals surface area contributed by atoms with Crippen molar-refractivity contribution >= 4 is 17.4 Å². The van der Waals surface area contributed by atoms with Gasteiger partial charge in [0, 0.05) is 25.8 Å². The molecule has 0 saturated heterocycles. The van der Waals surface area contributed by atoms with E-state index < -0.39 is 11.2 Å². The highest BCUT2D eigenvalue weighted by atomic mass is 16.5. The number of hydrogen-bond acceptors (Lipinski definition) is 5. The molecule has 2 aromatic rings. The number of ether oxygens (including phenoxy) is 1. The van der Waals surface area contributed by atoms with E-state index >= 15 is 0 Å². The maximum Gasteiger partial charge on any atom is 0.330 e. The number of aryl methyl sites for hydroxylation is 2. The first-order valence-corrected chi connectivity index (χ1v) is 8.82. The maximum absolute atomic E-state index is 13.3. The number of amides is 1. The first kappa shape index (κ1) is 20.4. The fourth-order valence-electron chi connectivity index (χ4n) is 2.89. The van der Waals surface area contributed by atoms with Crippen molar-refractivity contribution in [3.63, 3.8) is 0 Å². The first-order valence-electron chi connectivity index (χ1n) is 8.82. The minimum absolute atomic E-state index is 0.0274. The molecular weight excluding hydrogens is 348 g/mol. The standard InChI is InChI=1S/C19H26N4O4/c1-5-8-23-16(20)15(17(24)21-19(23)26)22(9-10-27-4)18(25)14-11-12(2)6-7-13(14)3/h6-7,11H,5,8-10,20H2,1-4H3,(H,21,24,26). The zero-order valence-corrected chi connectivity index (χ0v) is 16.2. The molecule has 0 radical (unpaired) electrons. The van der Waals surface area contributed by atoms with Gasteiger partial charge < -0.3 is 10.5 Å². The van der Waals surface area contributed by atoms with Crippen LogP contribution in [0.1, 0.15) is 34.8 Å². The van der Waals surface area contributed by atoms with Gasteiger partial charge in [0.25, 0.3) is 11.5 Å². The molecule has 0 saturated carbocycles. The van der Waals surface area contributed by atoms with Crippen molar-refractivity contribution in [2.45, 2.75) is 33.7 Å². The van der Waals surface area contributed by atoms with Gasteiger partial charge in [-0.15, -0.1) is 0 Å². The predicted molar refractivity (Wildman–Crippen MR) is 105 cm³/mol. The third-order valence-electron chi connectivity index (χ3n) is 4.32. The van der Waals surface area contributed by atoms with Gasteiger partial charge in [-0.1, -0.05) is 24.6 Å². The summed E-state index contributed by atoms with van der Waals surface area (Å²) in [5, 5.41) is 0. The maximum atomic E-state index is 13.3. The van der Waals surface area contributed by atoms with Crippen LogP contribution in [-0.4, -0.2) is 35.7 Å². The second-order valence-corrected chi connectivity index (χ2v) is 6.41. The lowest BCUT2D eigenvalue weighted by molar-refractivity contribution is 0.0975. The number of benzene rings is 1. The molecule has 1 heterocycles. The fraction of sp³-hybridized carbons (Fsp3) is 0.421. The van der Waals surface area contributed by atoms with E-state index in [9.17, 15) is 14.4 Å². The summed E-state index contributed by atoms with van der Waals surface area (Å²) in [6, 6.07) is 5.53. The average molecular weight is 374 g/mol. The molecule has 0 atom stereocenters. The van der Waals surface area contributed by atoms with E-state index in [0.717, 1.165) is 11.1 Å². The van der Waals surface area contributed by atoms with Crippen molar-refractivity contribution in [3.05, 3.63) is 55.7 Å². The zero-order chi connectivity index (χ0) is 20.1. The lowest BCUT2D eigenvalue weighted by atomic mass is 10.0. The Balaban J connectivity index is 2.65. The van der Waals surface area contributed by atoms with E-state index in [1.807, 2.05) is 32.9 Å². The normalized spacial score (nSPS) is 10.8. The molecule has 146 valence electrons. The first-order chi connectivity index (χ1) is 12.8. The number of anilines is 2. The summed E-state index contributed by atoms with van der Waals surface area (Å²) in [5.74, 6) is -0.396. The SMILES string of the molecule is CCCn1c(N)c(N(CCOC)C(=O)c2cc(C)ccc2C)c(=O)[nH]c1=O. The molecule has 0 aliphatic rings. The van der Waals surface area contributed by atoms with Crippen LogP contribution < -0.4 is 21.9 Å². The molecule has 8 nitrogen and oxygen atoms in total. The van der Waals surface area contributed by atoms with Crippen LogP contribution >= 0.6 is 0 Å². The zero-order valence-electron chi connectivity index (χ0n) is 16.2. The van der Waals surface area contributed by atoms with E-state index in [1.165, 1.54) is 16.6 Å². The van der Waals surface area contributed by atoms with E-state index in [4.69, 9.17) is 10.5 Å². The Labute approximate surface area is 157 Å². The number of methoxy groups -OCH3 is 1. The number of H-pyrrole nitrogens is 1. The number of aromatic amines is 1. The summed E-state index contributed by atoms with van der Waals surface area (Å²) in [7, 11) is 1.51. The van der Waals surface area contributed by atoms with Gasteiger partial charge in [-0.3, -0.25) is 24.0 Å². The van der Waals surface area contributed by atoms with Gasteiger partial charge in [-0.25, -0.2) is 4.79 Å². The van der Waals surface area contributed by atoms with Gasteiger partial charge in [0.05, 0.1) is 6.61 Å². The van der Waals surface area contributed by atoms with Crippen LogP contribution in [0.2, 0.25) is 0 Å². The third kappa shape index (κ3) is 4.28. The summed E-state index contributed by atoms with van der Waals surface area (Å²) in [5.41, 5.74) is 6.99. The van der Waals surface area contributed by atoms with Crippen molar-refractivity contribution in [1.29, 1.82) is 0 Å². The number of nitrogens with one attached hydrogen (secondary N) is 1. The summed E-state index contributed by atoms with van der Waals surface area (Å²) in [6.45, 7) is 6.28. The molecule has 8 heteroatoms. The number of carbonyl (C=O) groups excluding carboxylic acids is 1. The van der Waals surface area contributed by atoms with Gasteiger partial charge in [-0.2, -0.15) is 0 Å². The van der Waals surface area contributed by atoms with Crippen molar-refractivity contribution in [2.75, 3.05) is 30.9 Å². The second-order valence-electron chi connectivity index (χ2n) is 6.41. The molecule has 0 aliphatic carbocycles.